The third kappa shape index (κ3) is 4.04. The quantitative estimate of drug-likeness (QED) is 0.345. The second-order valence-electron chi connectivity index (χ2n) is 7.86. The fourth-order valence-corrected chi connectivity index (χ4v) is 5.02. The summed E-state index contributed by atoms with van der Waals surface area (Å²) in [4.78, 5) is 20.3. The lowest BCUT2D eigenvalue weighted by Gasteiger charge is -2.16. The van der Waals surface area contributed by atoms with Crippen LogP contribution in [0.1, 0.15) is 11.3 Å². The highest BCUT2D eigenvalue weighted by atomic mass is 32.1. The Morgan fingerprint density at radius 1 is 1.03 bits per heavy atom. The predicted molar refractivity (Wildman–Crippen MR) is 131 cm³/mol. The van der Waals surface area contributed by atoms with Crippen molar-refractivity contribution in [2.24, 2.45) is 0 Å². The Kier molecular flexibility index (Phi) is 5.81. The Morgan fingerprint density at radius 3 is 2.59 bits per heavy atom. The van der Waals surface area contributed by atoms with Gasteiger partial charge in [0.25, 0.3) is 5.56 Å². The van der Waals surface area contributed by atoms with E-state index in [0.29, 0.717) is 24.2 Å². The summed E-state index contributed by atoms with van der Waals surface area (Å²) in [6.07, 6.45) is 2.26. The minimum atomic E-state index is -0.759. The average molecular weight is 473 g/mol. The van der Waals surface area contributed by atoms with Crippen molar-refractivity contribution < 1.29 is 9.50 Å². The van der Waals surface area contributed by atoms with E-state index in [1.807, 2.05) is 48.5 Å². The highest BCUT2D eigenvalue weighted by Gasteiger charge is 2.21. The summed E-state index contributed by atoms with van der Waals surface area (Å²) in [5.74, 6) is -1.04. The van der Waals surface area contributed by atoms with E-state index in [-0.39, 0.29) is 16.9 Å². The minimum Gasteiger partial charge on any atom is -0.504 e. The minimum absolute atomic E-state index is 0.184. The van der Waals surface area contributed by atoms with Gasteiger partial charge in [-0.2, -0.15) is 5.10 Å². The maximum absolute atomic E-state index is 14.2. The lowest BCUT2D eigenvalue weighted by atomic mass is 10.1. The summed E-state index contributed by atoms with van der Waals surface area (Å²) in [5.41, 5.74) is 2.88. The normalized spacial score (nSPS) is 11.1. The fraction of sp³-hybridized carbons (Fsp3) is 0.115. The van der Waals surface area contributed by atoms with Crippen LogP contribution in [0.4, 0.5) is 4.39 Å². The number of para-hydroxylation sites is 1. The molecule has 3 heterocycles. The molecule has 34 heavy (non-hydrogen) atoms. The van der Waals surface area contributed by atoms with Crippen LogP contribution in [0.5, 0.6) is 5.75 Å². The van der Waals surface area contributed by atoms with Gasteiger partial charge >= 0.3 is 0 Å². The first-order valence-electron chi connectivity index (χ1n) is 10.8. The van der Waals surface area contributed by atoms with Crippen LogP contribution in [-0.4, -0.2) is 24.9 Å². The molecule has 6 nitrogen and oxygen atoms in total. The van der Waals surface area contributed by atoms with Crippen molar-refractivity contribution in [1.29, 1.82) is 0 Å². The molecule has 0 unspecified atom stereocenters. The molecule has 0 atom stereocenters. The molecule has 0 amide bonds. The zero-order valence-electron chi connectivity index (χ0n) is 18.3. The lowest BCUT2D eigenvalue weighted by Crippen LogP contribution is -2.27. The molecule has 0 saturated carbocycles. The Bertz CT molecular complexity index is 1510. The molecule has 0 saturated heterocycles. The van der Waals surface area contributed by atoms with Gasteiger partial charge < -0.3 is 5.11 Å². The van der Waals surface area contributed by atoms with Gasteiger partial charge in [-0.05, 0) is 49.2 Å². The molecule has 5 aromatic rings. The van der Waals surface area contributed by atoms with Crippen molar-refractivity contribution in [3.8, 4) is 38.1 Å². The van der Waals surface area contributed by atoms with Gasteiger partial charge in [-0.15, -0.1) is 11.3 Å². The molecule has 8 heteroatoms. The van der Waals surface area contributed by atoms with Crippen molar-refractivity contribution in [2.45, 2.75) is 19.9 Å². The van der Waals surface area contributed by atoms with E-state index >= 15 is 0 Å². The number of H-pyrrole nitrogens is 1. The van der Waals surface area contributed by atoms with Gasteiger partial charge in [0.15, 0.2) is 11.6 Å². The van der Waals surface area contributed by atoms with Crippen molar-refractivity contribution in [3.05, 3.63) is 100 Å². The number of aryl methyl sites for hydroxylation is 2. The largest absolute Gasteiger partial charge is 0.504 e. The molecule has 0 aliphatic heterocycles. The summed E-state index contributed by atoms with van der Waals surface area (Å²) in [6, 6.07) is 19.7. The van der Waals surface area contributed by atoms with E-state index in [1.165, 1.54) is 28.0 Å². The fourth-order valence-electron chi connectivity index (χ4n) is 3.95. The second kappa shape index (κ2) is 9.07. The average Bonchev–Trinajstić information content (AvgIpc) is 3.53. The molecule has 2 aromatic carbocycles. The van der Waals surface area contributed by atoms with E-state index in [0.717, 1.165) is 21.0 Å². The Morgan fingerprint density at radius 2 is 1.82 bits per heavy atom. The summed E-state index contributed by atoms with van der Waals surface area (Å²) in [7, 11) is 0. The van der Waals surface area contributed by atoms with Crippen LogP contribution in [0.2, 0.25) is 0 Å². The number of halogens is 1. The van der Waals surface area contributed by atoms with Crippen LogP contribution in [-0.2, 0) is 13.0 Å². The first kappa shape index (κ1) is 21.8. The number of nitrogens with one attached hydrogen (secondary N) is 1. The van der Waals surface area contributed by atoms with Gasteiger partial charge in [-0.3, -0.25) is 14.5 Å². The first-order chi connectivity index (χ1) is 16.5. The maximum atomic E-state index is 14.2. The van der Waals surface area contributed by atoms with Crippen LogP contribution in [0.15, 0.2) is 77.7 Å². The summed E-state index contributed by atoms with van der Waals surface area (Å²) < 4.78 is 15.7. The van der Waals surface area contributed by atoms with Crippen molar-refractivity contribution in [1.82, 2.24) is 19.7 Å². The molecular formula is C26H21FN4O2S. The third-order valence-corrected chi connectivity index (χ3v) is 6.80. The summed E-state index contributed by atoms with van der Waals surface area (Å²) >= 11 is 1.47. The lowest BCUT2D eigenvalue weighted by molar-refractivity contribution is 0.433. The SMILES string of the molecule is Cc1nc(-c2cccc(F)c2O)n(CCc2ccccc2)c(=O)c1-c1ccc(-c2ccn[nH]2)s1. The zero-order valence-corrected chi connectivity index (χ0v) is 19.1. The standard InChI is InChI=1S/C26H21FN4O2S/c1-16-23(22-11-10-21(34-22)20-12-14-28-30-20)26(33)31(15-13-17-6-3-2-4-7-17)25(29-16)18-8-5-9-19(27)24(18)32/h2-12,14,32H,13,15H2,1H3,(H,28,30). The van der Waals surface area contributed by atoms with E-state index in [4.69, 9.17) is 0 Å². The van der Waals surface area contributed by atoms with E-state index < -0.39 is 11.6 Å². The molecular weight excluding hydrogens is 451 g/mol. The summed E-state index contributed by atoms with van der Waals surface area (Å²) in [5, 5.41) is 17.3. The Labute approximate surface area is 199 Å². The topological polar surface area (TPSA) is 83.8 Å². The smallest absolute Gasteiger partial charge is 0.262 e. The van der Waals surface area contributed by atoms with Crippen molar-refractivity contribution in [3.63, 3.8) is 0 Å². The molecule has 3 aromatic heterocycles. The number of aromatic amines is 1. The molecule has 0 fully saturated rings. The van der Waals surface area contributed by atoms with Gasteiger partial charge in [0.05, 0.1) is 27.4 Å². The highest BCUT2D eigenvalue weighted by molar-refractivity contribution is 7.18. The second-order valence-corrected chi connectivity index (χ2v) is 8.94. The number of phenols is 1. The van der Waals surface area contributed by atoms with Crippen molar-refractivity contribution >= 4 is 11.3 Å². The van der Waals surface area contributed by atoms with Gasteiger partial charge in [0.2, 0.25) is 0 Å². The number of nitrogens with zero attached hydrogens (tertiary/aromatic N) is 3. The summed E-state index contributed by atoms with van der Waals surface area (Å²) in [6.45, 7) is 2.08. The first-order valence-corrected chi connectivity index (χ1v) is 11.6. The molecule has 0 radical (unpaired) electrons. The number of aromatic hydroxyl groups is 1. The van der Waals surface area contributed by atoms with Crippen LogP contribution in [0.25, 0.3) is 32.4 Å². The van der Waals surface area contributed by atoms with Crippen LogP contribution < -0.4 is 5.56 Å². The van der Waals surface area contributed by atoms with Gasteiger partial charge in [-0.25, -0.2) is 9.37 Å². The molecule has 0 spiro atoms. The third-order valence-electron chi connectivity index (χ3n) is 5.66. The Balaban J connectivity index is 1.65. The van der Waals surface area contributed by atoms with Crippen LogP contribution in [0, 0.1) is 12.7 Å². The number of benzene rings is 2. The van der Waals surface area contributed by atoms with Crippen LogP contribution >= 0.6 is 11.3 Å². The van der Waals surface area contributed by atoms with E-state index in [1.54, 1.807) is 19.2 Å². The Hall–Kier alpha value is -4.04. The number of thiophene rings is 1. The molecule has 0 aliphatic rings. The monoisotopic (exact) mass is 472 g/mol. The molecule has 0 aliphatic carbocycles. The highest BCUT2D eigenvalue weighted by Crippen LogP contribution is 2.35. The van der Waals surface area contributed by atoms with E-state index in [9.17, 15) is 14.3 Å². The number of aromatic nitrogens is 4. The van der Waals surface area contributed by atoms with Crippen molar-refractivity contribution in [2.75, 3.05) is 0 Å². The maximum Gasteiger partial charge on any atom is 0.262 e. The molecule has 5 rings (SSSR count). The van der Waals surface area contributed by atoms with E-state index in [2.05, 4.69) is 15.2 Å². The number of phenolic OH excluding ortho intramolecular Hbond substituents is 1. The number of rotatable bonds is 6. The zero-order chi connectivity index (χ0) is 23.7. The number of hydrogen-bond donors (Lipinski definition) is 2. The molecule has 0 bridgehead atoms. The number of hydrogen-bond acceptors (Lipinski definition) is 5. The van der Waals surface area contributed by atoms with Gasteiger partial charge in [-0.1, -0.05) is 36.4 Å². The van der Waals surface area contributed by atoms with Crippen LogP contribution in [0.3, 0.4) is 0 Å². The van der Waals surface area contributed by atoms with Gasteiger partial charge in [0.1, 0.15) is 5.82 Å². The molecule has 2 N–H and O–H groups in total. The molecule has 170 valence electrons. The van der Waals surface area contributed by atoms with Gasteiger partial charge in [0, 0.05) is 17.6 Å². The predicted octanol–water partition coefficient (Wildman–Crippen LogP) is 5.42.